The molecule has 0 bridgehead atoms. The second kappa shape index (κ2) is 6.01. The molecule has 0 saturated heterocycles. The highest BCUT2D eigenvalue weighted by Crippen LogP contribution is 2.10. The standard InChI is InChI=1S/C13H18N4O/c1-13(2,3)17-12(18)6-8-16-10-5-4-7-15-11(10)9-14/h4-5,7,16H,6,8H2,1-3H3,(H,17,18). The van der Waals surface area contributed by atoms with Crippen molar-refractivity contribution in [3.05, 3.63) is 24.0 Å². The molecule has 0 aromatic carbocycles. The zero-order chi connectivity index (χ0) is 13.6. The largest absolute Gasteiger partial charge is 0.382 e. The molecule has 0 aliphatic heterocycles. The molecule has 0 saturated carbocycles. The molecule has 0 aliphatic carbocycles. The van der Waals surface area contributed by atoms with E-state index in [-0.39, 0.29) is 11.4 Å². The first-order valence-corrected chi connectivity index (χ1v) is 5.82. The van der Waals surface area contributed by atoms with Gasteiger partial charge in [-0.05, 0) is 32.9 Å². The SMILES string of the molecule is CC(C)(C)NC(=O)CCNc1cccnc1C#N. The summed E-state index contributed by atoms with van der Waals surface area (Å²) in [5.74, 6) is -0.0163. The molecule has 0 unspecified atom stereocenters. The summed E-state index contributed by atoms with van der Waals surface area (Å²) in [6.07, 6.45) is 1.92. The number of carbonyl (C=O) groups excluding carboxylic acids is 1. The van der Waals surface area contributed by atoms with Crippen LogP contribution in [0.25, 0.3) is 0 Å². The number of hydrogen-bond acceptors (Lipinski definition) is 4. The molecule has 0 fully saturated rings. The topological polar surface area (TPSA) is 77.8 Å². The lowest BCUT2D eigenvalue weighted by molar-refractivity contribution is -0.122. The lowest BCUT2D eigenvalue weighted by Crippen LogP contribution is -2.41. The molecule has 18 heavy (non-hydrogen) atoms. The van der Waals surface area contributed by atoms with E-state index < -0.39 is 0 Å². The van der Waals surface area contributed by atoms with Crippen molar-refractivity contribution in [3.8, 4) is 6.07 Å². The first kappa shape index (κ1) is 14.0. The number of carbonyl (C=O) groups is 1. The van der Waals surface area contributed by atoms with Crippen molar-refractivity contribution in [2.45, 2.75) is 32.7 Å². The van der Waals surface area contributed by atoms with Crippen LogP contribution in [0.1, 0.15) is 32.9 Å². The summed E-state index contributed by atoms with van der Waals surface area (Å²) in [6, 6.07) is 5.52. The molecule has 1 aromatic rings. The molecule has 0 radical (unpaired) electrons. The van der Waals surface area contributed by atoms with Gasteiger partial charge in [0.15, 0.2) is 5.69 Å². The van der Waals surface area contributed by atoms with Crippen molar-refractivity contribution in [1.82, 2.24) is 10.3 Å². The van der Waals surface area contributed by atoms with Crippen LogP contribution >= 0.6 is 0 Å². The predicted molar refractivity (Wildman–Crippen MR) is 70.0 cm³/mol. The average Bonchev–Trinajstić information content (AvgIpc) is 2.27. The van der Waals surface area contributed by atoms with Crippen LogP contribution in [-0.2, 0) is 4.79 Å². The Labute approximate surface area is 107 Å². The van der Waals surface area contributed by atoms with Gasteiger partial charge < -0.3 is 10.6 Å². The van der Waals surface area contributed by atoms with E-state index in [0.717, 1.165) is 0 Å². The van der Waals surface area contributed by atoms with Gasteiger partial charge in [0.25, 0.3) is 0 Å². The Morgan fingerprint density at radius 2 is 2.22 bits per heavy atom. The number of nitrogens with one attached hydrogen (secondary N) is 2. The lowest BCUT2D eigenvalue weighted by Gasteiger charge is -2.20. The Morgan fingerprint density at radius 1 is 1.50 bits per heavy atom. The average molecular weight is 246 g/mol. The molecule has 96 valence electrons. The molecule has 5 nitrogen and oxygen atoms in total. The fraction of sp³-hybridized carbons (Fsp3) is 0.462. The van der Waals surface area contributed by atoms with Crippen molar-refractivity contribution in [1.29, 1.82) is 5.26 Å². The van der Waals surface area contributed by atoms with Gasteiger partial charge in [0.1, 0.15) is 6.07 Å². The van der Waals surface area contributed by atoms with Crippen LogP contribution in [0.4, 0.5) is 5.69 Å². The van der Waals surface area contributed by atoms with Crippen molar-refractivity contribution in [2.24, 2.45) is 0 Å². The minimum atomic E-state index is -0.219. The minimum Gasteiger partial charge on any atom is -0.382 e. The van der Waals surface area contributed by atoms with E-state index in [1.807, 2.05) is 26.8 Å². The summed E-state index contributed by atoms with van der Waals surface area (Å²) >= 11 is 0. The number of aromatic nitrogens is 1. The van der Waals surface area contributed by atoms with Crippen LogP contribution < -0.4 is 10.6 Å². The zero-order valence-corrected chi connectivity index (χ0v) is 10.9. The van der Waals surface area contributed by atoms with Crippen molar-refractivity contribution in [2.75, 3.05) is 11.9 Å². The molecule has 0 atom stereocenters. The third kappa shape index (κ3) is 4.83. The molecule has 1 aromatic heterocycles. The second-order valence-electron chi connectivity index (χ2n) is 4.99. The van der Waals surface area contributed by atoms with Crippen LogP contribution in [0.15, 0.2) is 18.3 Å². The van der Waals surface area contributed by atoms with Gasteiger partial charge in [0.05, 0.1) is 5.69 Å². The molecule has 1 heterocycles. The van der Waals surface area contributed by atoms with E-state index in [0.29, 0.717) is 24.3 Å². The van der Waals surface area contributed by atoms with Crippen LogP contribution in [0, 0.1) is 11.3 Å². The van der Waals surface area contributed by atoms with E-state index in [1.54, 1.807) is 18.3 Å². The fourth-order valence-electron chi connectivity index (χ4n) is 1.43. The van der Waals surface area contributed by atoms with E-state index in [4.69, 9.17) is 5.26 Å². The second-order valence-corrected chi connectivity index (χ2v) is 4.99. The third-order valence-electron chi connectivity index (χ3n) is 2.10. The Morgan fingerprint density at radius 3 is 2.83 bits per heavy atom. The number of rotatable bonds is 4. The highest BCUT2D eigenvalue weighted by molar-refractivity contribution is 5.77. The van der Waals surface area contributed by atoms with E-state index in [1.165, 1.54) is 0 Å². The Kier molecular flexibility index (Phi) is 4.67. The molecule has 1 rings (SSSR count). The molecule has 1 amide bonds. The van der Waals surface area contributed by atoms with E-state index in [9.17, 15) is 4.79 Å². The number of amides is 1. The van der Waals surface area contributed by atoms with Gasteiger partial charge in [-0.15, -0.1) is 0 Å². The van der Waals surface area contributed by atoms with E-state index >= 15 is 0 Å². The first-order chi connectivity index (χ1) is 8.42. The van der Waals surface area contributed by atoms with Gasteiger partial charge in [-0.3, -0.25) is 4.79 Å². The molecule has 5 heteroatoms. The lowest BCUT2D eigenvalue weighted by atomic mass is 10.1. The van der Waals surface area contributed by atoms with Crippen molar-refractivity contribution in [3.63, 3.8) is 0 Å². The number of nitrogens with zero attached hydrogens (tertiary/aromatic N) is 2. The highest BCUT2D eigenvalue weighted by Gasteiger charge is 2.13. The van der Waals surface area contributed by atoms with Crippen molar-refractivity contribution < 1.29 is 4.79 Å². The van der Waals surface area contributed by atoms with Crippen molar-refractivity contribution >= 4 is 11.6 Å². The van der Waals surface area contributed by atoms with Gasteiger partial charge in [0, 0.05) is 24.7 Å². The van der Waals surface area contributed by atoms with Crippen LogP contribution in [0.5, 0.6) is 0 Å². The van der Waals surface area contributed by atoms with Crippen LogP contribution in [-0.4, -0.2) is 23.0 Å². The summed E-state index contributed by atoms with van der Waals surface area (Å²) in [5.41, 5.74) is 0.778. The zero-order valence-electron chi connectivity index (χ0n) is 10.9. The van der Waals surface area contributed by atoms with Gasteiger partial charge in [-0.2, -0.15) is 5.26 Å². The molecular formula is C13H18N4O. The highest BCUT2D eigenvalue weighted by atomic mass is 16.1. The summed E-state index contributed by atoms with van der Waals surface area (Å²) in [7, 11) is 0. The summed E-state index contributed by atoms with van der Waals surface area (Å²) < 4.78 is 0. The van der Waals surface area contributed by atoms with Gasteiger partial charge in [0.2, 0.25) is 5.91 Å². The molecule has 2 N–H and O–H groups in total. The van der Waals surface area contributed by atoms with E-state index in [2.05, 4.69) is 15.6 Å². The van der Waals surface area contributed by atoms with Gasteiger partial charge in [-0.1, -0.05) is 0 Å². The summed E-state index contributed by atoms with van der Waals surface area (Å²) in [4.78, 5) is 15.5. The minimum absolute atomic E-state index is 0.0163. The molecular weight excluding hydrogens is 228 g/mol. The maximum absolute atomic E-state index is 11.6. The fourth-order valence-corrected chi connectivity index (χ4v) is 1.43. The smallest absolute Gasteiger partial charge is 0.222 e. The number of nitriles is 1. The Hall–Kier alpha value is -2.09. The predicted octanol–water partition coefficient (Wildman–Crippen LogP) is 1.67. The maximum atomic E-state index is 11.6. The summed E-state index contributed by atoms with van der Waals surface area (Å²) in [5, 5.41) is 14.8. The summed E-state index contributed by atoms with van der Waals surface area (Å²) in [6.45, 7) is 6.29. The normalized spacial score (nSPS) is 10.6. The maximum Gasteiger partial charge on any atom is 0.222 e. The van der Waals surface area contributed by atoms with Gasteiger partial charge >= 0.3 is 0 Å². The van der Waals surface area contributed by atoms with Crippen LogP contribution in [0.3, 0.4) is 0 Å². The molecule has 0 aliphatic rings. The van der Waals surface area contributed by atoms with Crippen LogP contribution in [0.2, 0.25) is 0 Å². The number of hydrogen-bond donors (Lipinski definition) is 2. The number of pyridine rings is 1. The quantitative estimate of drug-likeness (QED) is 0.847. The first-order valence-electron chi connectivity index (χ1n) is 5.82. The Balaban J connectivity index is 2.43. The third-order valence-corrected chi connectivity index (χ3v) is 2.10. The monoisotopic (exact) mass is 246 g/mol. The number of anilines is 1. The Bertz CT molecular complexity index is 457. The van der Waals surface area contributed by atoms with Gasteiger partial charge in [-0.25, -0.2) is 4.98 Å². The molecule has 0 spiro atoms.